The van der Waals surface area contributed by atoms with Crippen LogP contribution in [0.15, 0.2) is 18.2 Å². The highest BCUT2D eigenvalue weighted by Gasteiger charge is 2.30. The average molecular weight is 431 g/mol. The lowest BCUT2D eigenvalue weighted by Gasteiger charge is -2.32. The van der Waals surface area contributed by atoms with Crippen LogP contribution in [0.3, 0.4) is 0 Å². The van der Waals surface area contributed by atoms with Gasteiger partial charge in [-0.15, -0.1) is 0 Å². The predicted molar refractivity (Wildman–Crippen MR) is 118 cm³/mol. The molecule has 2 heterocycles. The van der Waals surface area contributed by atoms with E-state index >= 15 is 0 Å². The monoisotopic (exact) mass is 430 g/mol. The van der Waals surface area contributed by atoms with E-state index in [1.54, 1.807) is 11.8 Å². The van der Waals surface area contributed by atoms with E-state index in [-0.39, 0.29) is 35.7 Å². The highest BCUT2D eigenvalue weighted by Crippen LogP contribution is 2.36. The molecule has 2 aliphatic rings. The lowest BCUT2D eigenvalue weighted by Crippen LogP contribution is -2.42. The van der Waals surface area contributed by atoms with Crippen molar-refractivity contribution in [3.05, 3.63) is 23.8 Å². The molecule has 7 heteroatoms. The van der Waals surface area contributed by atoms with E-state index in [1.807, 2.05) is 23.1 Å². The number of hydrogen-bond acceptors (Lipinski definition) is 5. The van der Waals surface area contributed by atoms with Gasteiger partial charge < -0.3 is 19.3 Å². The van der Waals surface area contributed by atoms with Gasteiger partial charge >= 0.3 is 5.97 Å². The van der Waals surface area contributed by atoms with E-state index in [4.69, 9.17) is 9.47 Å². The molecule has 3 rings (SSSR count). The van der Waals surface area contributed by atoms with Crippen LogP contribution in [0.1, 0.15) is 58.9 Å². The van der Waals surface area contributed by atoms with Crippen LogP contribution in [0.4, 0.5) is 5.69 Å². The fourth-order valence-corrected chi connectivity index (χ4v) is 4.08. The Labute approximate surface area is 184 Å². The van der Waals surface area contributed by atoms with Crippen molar-refractivity contribution in [1.82, 2.24) is 4.90 Å². The fourth-order valence-electron chi connectivity index (χ4n) is 4.08. The van der Waals surface area contributed by atoms with Crippen LogP contribution >= 0.6 is 0 Å². The summed E-state index contributed by atoms with van der Waals surface area (Å²) in [5.74, 6) is 0.435. The third-order valence-electron chi connectivity index (χ3n) is 6.01. The molecule has 2 amide bonds. The van der Waals surface area contributed by atoms with E-state index < -0.39 is 0 Å². The maximum absolute atomic E-state index is 12.6. The van der Waals surface area contributed by atoms with E-state index in [9.17, 15) is 14.4 Å². The second-order valence-corrected chi connectivity index (χ2v) is 9.28. The number of nitrogens with zero attached hydrogens (tertiary/aromatic N) is 2. The van der Waals surface area contributed by atoms with Crippen molar-refractivity contribution in [2.45, 2.75) is 58.8 Å². The summed E-state index contributed by atoms with van der Waals surface area (Å²) in [5.41, 5.74) is 1.88. The summed E-state index contributed by atoms with van der Waals surface area (Å²) in [6, 6.07) is 5.98. The Hall–Kier alpha value is -2.57. The van der Waals surface area contributed by atoms with Gasteiger partial charge in [0, 0.05) is 26.1 Å². The molecular formula is C24H34N2O5. The molecule has 0 N–H and O–H groups in total. The van der Waals surface area contributed by atoms with Crippen LogP contribution in [0, 0.1) is 5.92 Å². The standard InChI is InChI=1S/C24H34N2O5/c1-5-30-23(29)17-10-13-25(14-11-17)21(27)7-6-12-26-19-15-18(24(2,3)4)8-9-20(19)31-16-22(26)28/h8-9,15,17H,5-7,10-14,16H2,1-4H3. The molecule has 2 aliphatic heterocycles. The Morgan fingerprint density at radius 3 is 2.55 bits per heavy atom. The van der Waals surface area contributed by atoms with Crippen molar-refractivity contribution in [1.29, 1.82) is 0 Å². The molecular weight excluding hydrogens is 396 g/mol. The molecule has 0 aromatic heterocycles. The van der Waals surface area contributed by atoms with Gasteiger partial charge in [0.1, 0.15) is 5.75 Å². The minimum Gasteiger partial charge on any atom is -0.482 e. The van der Waals surface area contributed by atoms with Crippen LogP contribution < -0.4 is 9.64 Å². The van der Waals surface area contributed by atoms with E-state index in [1.165, 1.54) is 0 Å². The lowest BCUT2D eigenvalue weighted by molar-refractivity contribution is -0.151. The number of carbonyl (C=O) groups is 3. The number of rotatable bonds is 6. The van der Waals surface area contributed by atoms with Gasteiger partial charge in [0.05, 0.1) is 18.2 Å². The number of anilines is 1. The first-order chi connectivity index (χ1) is 14.7. The van der Waals surface area contributed by atoms with Crippen molar-refractivity contribution in [2.24, 2.45) is 5.92 Å². The van der Waals surface area contributed by atoms with Gasteiger partial charge in [-0.3, -0.25) is 14.4 Å². The highest BCUT2D eigenvalue weighted by molar-refractivity contribution is 5.98. The smallest absolute Gasteiger partial charge is 0.309 e. The summed E-state index contributed by atoms with van der Waals surface area (Å²) in [5, 5.41) is 0. The van der Waals surface area contributed by atoms with Gasteiger partial charge in [0.15, 0.2) is 6.61 Å². The maximum Gasteiger partial charge on any atom is 0.309 e. The fraction of sp³-hybridized carbons (Fsp3) is 0.625. The Bertz CT molecular complexity index is 822. The third kappa shape index (κ3) is 5.57. The number of piperidine rings is 1. The number of fused-ring (bicyclic) bond motifs is 1. The molecule has 1 saturated heterocycles. The first-order valence-electron chi connectivity index (χ1n) is 11.2. The minimum absolute atomic E-state index is 0.0250. The quantitative estimate of drug-likeness (QED) is 0.648. The molecule has 7 nitrogen and oxygen atoms in total. The van der Waals surface area contributed by atoms with Crippen LogP contribution in [0.25, 0.3) is 0 Å². The number of likely N-dealkylation sites (tertiary alicyclic amines) is 1. The largest absolute Gasteiger partial charge is 0.482 e. The summed E-state index contributed by atoms with van der Waals surface area (Å²) in [7, 11) is 0. The molecule has 1 aromatic carbocycles. The van der Waals surface area contributed by atoms with Crippen molar-refractivity contribution in [2.75, 3.05) is 37.7 Å². The van der Waals surface area contributed by atoms with E-state index in [2.05, 4.69) is 20.8 Å². The van der Waals surface area contributed by atoms with Crippen molar-refractivity contribution in [3.8, 4) is 5.75 Å². The molecule has 0 unspecified atom stereocenters. The zero-order valence-electron chi connectivity index (χ0n) is 19.1. The Kier molecular flexibility index (Phi) is 7.23. The van der Waals surface area contributed by atoms with E-state index in [0.717, 1.165) is 11.3 Å². The molecule has 0 saturated carbocycles. The van der Waals surface area contributed by atoms with Gasteiger partial charge in [0.2, 0.25) is 5.91 Å². The summed E-state index contributed by atoms with van der Waals surface area (Å²) in [6.45, 7) is 10.3. The molecule has 0 radical (unpaired) electrons. The van der Waals surface area contributed by atoms with Crippen LogP contribution in [0.2, 0.25) is 0 Å². The average Bonchev–Trinajstić information content (AvgIpc) is 2.74. The Morgan fingerprint density at radius 2 is 1.90 bits per heavy atom. The molecule has 0 aliphatic carbocycles. The molecule has 0 bridgehead atoms. The molecule has 0 spiro atoms. The van der Waals surface area contributed by atoms with Crippen LogP contribution in [-0.2, 0) is 24.5 Å². The second kappa shape index (κ2) is 9.71. The normalized spacial score (nSPS) is 17.2. The van der Waals surface area contributed by atoms with Gasteiger partial charge in [-0.2, -0.15) is 0 Å². The molecule has 31 heavy (non-hydrogen) atoms. The maximum atomic E-state index is 12.6. The number of hydrogen-bond donors (Lipinski definition) is 0. The molecule has 170 valence electrons. The first kappa shape index (κ1) is 23.1. The van der Waals surface area contributed by atoms with Crippen LogP contribution in [-0.4, -0.2) is 55.5 Å². The lowest BCUT2D eigenvalue weighted by atomic mass is 9.86. The topological polar surface area (TPSA) is 76.2 Å². The minimum atomic E-state index is -0.159. The predicted octanol–water partition coefficient (Wildman–Crippen LogP) is 3.29. The number of amides is 2. The zero-order valence-corrected chi connectivity index (χ0v) is 19.1. The third-order valence-corrected chi connectivity index (χ3v) is 6.01. The van der Waals surface area contributed by atoms with Crippen molar-refractivity contribution in [3.63, 3.8) is 0 Å². The number of ether oxygens (including phenoxy) is 2. The Balaban J connectivity index is 1.54. The molecule has 1 aromatic rings. The highest BCUT2D eigenvalue weighted by atomic mass is 16.5. The first-order valence-corrected chi connectivity index (χ1v) is 11.2. The van der Waals surface area contributed by atoms with Gasteiger partial charge in [-0.25, -0.2) is 0 Å². The Morgan fingerprint density at radius 1 is 1.19 bits per heavy atom. The summed E-state index contributed by atoms with van der Waals surface area (Å²) >= 11 is 0. The number of carbonyl (C=O) groups excluding carboxylic acids is 3. The second-order valence-electron chi connectivity index (χ2n) is 9.28. The van der Waals surface area contributed by atoms with Crippen LogP contribution in [0.5, 0.6) is 5.75 Å². The van der Waals surface area contributed by atoms with Crippen molar-refractivity contribution >= 4 is 23.5 Å². The summed E-state index contributed by atoms with van der Waals surface area (Å²) in [6.07, 6.45) is 2.26. The van der Waals surface area contributed by atoms with Gasteiger partial charge in [-0.1, -0.05) is 26.8 Å². The number of esters is 1. The SMILES string of the molecule is CCOC(=O)C1CCN(C(=O)CCCN2C(=O)COc3ccc(C(C)(C)C)cc32)CC1. The van der Waals surface area contributed by atoms with Gasteiger partial charge in [-0.05, 0) is 49.3 Å². The summed E-state index contributed by atoms with van der Waals surface area (Å²) < 4.78 is 10.7. The number of benzene rings is 1. The molecule has 0 atom stereocenters. The van der Waals surface area contributed by atoms with E-state index in [0.29, 0.717) is 57.7 Å². The zero-order chi connectivity index (χ0) is 22.6. The van der Waals surface area contributed by atoms with Gasteiger partial charge in [0.25, 0.3) is 5.91 Å². The van der Waals surface area contributed by atoms with Crippen molar-refractivity contribution < 1.29 is 23.9 Å². The summed E-state index contributed by atoms with van der Waals surface area (Å²) in [4.78, 5) is 40.6. The molecule has 1 fully saturated rings.